The molecule has 0 bridgehead atoms. The van der Waals surface area contributed by atoms with Crippen LogP contribution >= 0.6 is 31.9 Å². The standard InChI is InChI=1S/C22H24Br2O/c23-21-7-3-1-5-19(21)15-9-11-17(13-15)25-18-12-10-16(14-18)20-6-2-4-8-22(20)24/h1-8,15-18H,9-14H2. The Morgan fingerprint density at radius 1 is 0.640 bits per heavy atom. The maximum atomic E-state index is 6.52. The van der Waals surface area contributed by atoms with Crippen LogP contribution in [0.5, 0.6) is 0 Å². The number of benzene rings is 2. The second kappa shape index (κ2) is 7.94. The third-order valence-electron chi connectivity index (χ3n) is 5.84. The molecule has 2 saturated carbocycles. The Bertz CT molecular complexity index is 668. The third kappa shape index (κ3) is 4.04. The van der Waals surface area contributed by atoms with Gasteiger partial charge < -0.3 is 4.74 Å². The molecule has 0 amide bonds. The van der Waals surface area contributed by atoms with E-state index < -0.39 is 0 Å². The molecular formula is C22H24Br2O. The van der Waals surface area contributed by atoms with Crippen molar-refractivity contribution in [2.75, 3.05) is 0 Å². The van der Waals surface area contributed by atoms with Crippen molar-refractivity contribution in [3.63, 3.8) is 0 Å². The monoisotopic (exact) mass is 462 g/mol. The summed E-state index contributed by atoms with van der Waals surface area (Å²) < 4.78 is 9.02. The predicted octanol–water partition coefficient (Wildman–Crippen LogP) is 7.20. The van der Waals surface area contributed by atoms with Crippen molar-refractivity contribution in [2.24, 2.45) is 0 Å². The van der Waals surface area contributed by atoms with Gasteiger partial charge in [-0.05, 0) is 73.6 Å². The summed E-state index contributed by atoms with van der Waals surface area (Å²) >= 11 is 7.42. The van der Waals surface area contributed by atoms with E-state index in [1.165, 1.54) is 58.6 Å². The molecule has 4 unspecified atom stereocenters. The summed E-state index contributed by atoms with van der Waals surface area (Å²) in [4.78, 5) is 0. The highest BCUT2D eigenvalue weighted by atomic mass is 79.9. The van der Waals surface area contributed by atoms with Gasteiger partial charge in [0.15, 0.2) is 0 Å². The largest absolute Gasteiger partial charge is 0.375 e. The van der Waals surface area contributed by atoms with E-state index in [9.17, 15) is 0 Å². The number of halogens is 2. The van der Waals surface area contributed by atoms with Crippen LogP contribution in [0, 0.1) is 0 Å². The molecule has 3 heteroatoms. The van der Waals surface area contributed by atoms with Gasteiger partial charge in [-0.15, -0.1) is 0 Å². The summed E-state index contributed by atoms with van der Waals surface area (Å²) in [5, 5.41) is 0. The molecule has 0 aromatic heterocycles. The zero-order valence-corrected chi connectivity index (χ0v) is 17.5. The maximum Gasteiger partial charge on any atom is 0.0585 e. The third-order valence-corrected chi connectivity index (χ3v) is 7.29. The number of hydrogen-bond acceptors (Lipinski definition) is 1. The lowest BCUT2D eigenvalue weighted by Crippen LogP contribution is -2.17. The molecule has 4 atom stereocenters. The van der Waals surface area contributed by atoms with Gasteiger partial charge in [0.05, 0.1) is 12.2 Å². The Balaban J connectivity index is 1.34. The Labute approximate surface area is 167 Å². The summed E-state index contributed by atoms with van der Waals surface area (Å²) in [6.45, 7) is 0. The molecule has 0 heterocycles. The second-order valence-corrected chi connectivity index (χ2v) is 9.15. The molecule has 132 valence electrons. The molecule has 2 aromatic carbocycles. The van der Waals surface area contributed by atoms with Gasteiger partial charge in [-0.1, -0.05) is 68.3 Å². The van der Waals surface area contributed by atoms with Gasteiger partial charge in [0.2, 0.25) is 0 Å². The molecule has 0 N–H and O–H groups in total. The lowest BCUT2D eigenvalue weighted by atomic mass is 9.97. The second-order valence-electron chi connectivity index (χ2n) is 7.44. The first-order valence-corrected chi connectivity index (χ1v) is 10.9. The van der Waals surface area contributed by atoms with Gasteiger partial charge in [-0.25, -0.2) is 0 Å². The minimum atomic E-state index is 0.431. The first-order valence-electron chi connectivity index (χ1n) is 9.35. The molecule has 2 fully saturated rings. The van der Waals surface area contributed by atoms with Crippen LogP contribution in [0.25, 0.3) is 0 Å². The van der Waals surface area contributed by atoms with Crippen LogP contribution in [0.2, 0.25) is 0 Å². The SMILES string of the molecule is Brc1ccccc1C1CCC(OC2CCC(c3ccccc3Br)C2)C1. The number of ether oxygens (including phenoxy) is 1. The average Bonchev–Trinajstić information content (AvgIpc) is 3.26. The van der Waals surface area contributed by atoms with Crippen molar-refractivity contribution in [3.8, 4) is 0 Å². The van der Waals surface area contributed by atoms with Crippen LogP contribution in [-0.4, -0.2) is 12.2 Å². The molecule has 0 spiro atoms. The molecule has 1 nitrogen and oxygen atoms in total. The van der Waals surface area contributed by atoms with Crippen LogP contribution in [0.3, 0.4) is 0 Å². The number of rotatable bonds is 4. The lowest BCUT2D eigenvalue weighted by Gasteiger charge is -2.19. The molecule has 0 aliphatic heterocycles. The van der Waals surface area contributed by atoms with Gasteiger partial charge in [-0.2, -0.15) is 0 Å². The fraction of sp³-hybridized carbons (Fsp3) is 0.455. The Hall–Kier alpha value is -0.640. The Morgan fingerprint density at radius 3 is 1.52 bits per heavy atom. The highest BCUT2D eigenvalue weighted by Gasteiger charge is 2.33. The highest BCUT2D eigenvalue weighted by Crippen LogP contribution is 2.43. The zero-order chi connectivity index (χ0) is 17.2. The van der Waals surface area contributed by atoms with Gasteiger partial charge in [0.25, 0.3) is 0 Å². The lowest BCUT2D eigenvalue weighted by molar-refractivity contribution is -0.00504. The van der Waals surface area contributed by atoms with Gasteiger partial charge in [0, 0.05) is 8.95 Å². The van der Waals surface area contributed by atoms with Gasteiger partial charge in [-0.3, -0.25) is 0 Å². The van der Waals surface area contributed by atoms with Crippen LogP contribution in [0.15, 0.2) is 57.5 Å². The van der Waals surface area contributed by atoms with E-state index in [1.807, 2.05) is 0 Å². The smallest absolute Gasteiger partial charge is 0.0585 e. The van der Waals surface area contributed by atoms with Crippen molar-refractivity contribution < 1.29 is 4.74 Å². The molecule has 0 saturated heterocycles. The minimum Gasteiger partial charge on any atom is -0.375 e. The van der Waals surface area contributed by atoms with Crippen LogP contribution < -0.4 is 0 Å². The molecule has 2 aliphatic carbocycles. The summed E-state index contributed by atoms with van der Waals surface area (Å²) in [5.41, 5.74) is 2.90. The highest BCUT2D eigenvalue weighted by molar-refractivity contribution is 9.10. The first kappa shape index (κ1) is 17.8. The van der Waals surface area contributed by atoms with E-state index in [0.717, 1.165) is 0 Å². The summed E-state index contributed by atoms with van der Waals surface area (Å²) in [6.07, 6.45) is 8.07. The fourth-order valence-electron chi connectivity index (χ4n) is 4.58. The van der Waals surface area contributed by atoms with E-state index in [4.69, 9.17) is 4.74 Å². The van der Waals surface area contributed by atoms with Gasteiger partial charge in [0.1, 0.15) is 0 Å². The molecular weight excluding hydrogens is 440 g/mol. The van der Waals surface area contributed by atoms with Crippen LogP contribution in [-0.2, 0) is 4.74 Å². The van der Waals surface area contributed by atoms with Crippen molar-refractivity contribution in [1.82, 2.24) is 0 Å². The van der Waals surface area contributed by atoms with Crippen molar-refractivity contribution in [3.05, 3.63) is 68.6 Å². The van der Waals surface area contributed by atoms with E-state index >= 15 is 0 Å². The van der Waals surface area contributed by atoms with Crippen molar-refractivity contribution in [1.29, 1.82) is 0 Å². The maximum absolute atomic E-state index is 6.52. The van der Waals surface area contributed by atoms with Crippen molar-refractivity contribution in [2.45, 2.75) is 62.6 Å². The molecule has 0 radical (unpaired) electrons. The molecule has 2 aromatic rings. The first-order chi connectivity index (χ1) is 12.2. The number of hydrogen-bond donors (Lipinski definition) is 0. The topological polar surface area (TPSA) is 9.23 Å². The Morgan fingerprint density at radius 2 is 1.08 bits per heavy atom. The summed E-state index contributed by atoms with van der Waals surface area (Å²) in [7, 11) is 0. The molecule has 4 rings (SSSR count). The summed E-state index contributed by atoms with van der Waals surface area (Å²) in [5.74, 6) is 1.28. The van der Waals surface area contributed by atoms with Crippen LogP contribution in [0.4, 0.5) is 0 Å². The molecule has 2 aliphatic rings. The predicted molar refractivity (Wildman–Crippen MR) is 110 cm³/mol. The van der Waals surface area contributed by atoms with E-state index in [-0.39, 0.29) is 0 Å². The average molecular weight is 464 g/mol. The van der Waals surface area contributed by atoms with E-state index in [1.54, 1.807) is 0 Å². The van der Waals surface area contributed by atoms with Gasteiger partial charge >= 0.3 is 0 Å². The van der Waals surface area contributed by atoms with E-state index in [2.05, 4.69) is 80.4 Å². The normalized spacial score (nSPS) is 29.2. The summed E-state index contributed by atoms with van der Waals surface area (Å²) in [6, 6.07) is 17.3. The fourth-order valence-corrected chi connectivity index (χ4v) is 5.79. The minimum absolute atomic E-state index is 0.431. The zero-order valence-electron chi connectivity index (χ0n) is 14.3. The quantitative estimate of drug-likeness (QED) is 0.465. The van der Waals surface area contributed by atoms with Crippen LogP contribution in [0.1, 0.15) is 61.5 Å². The van der Waals surface area contributed by atoms with Crippen molar-refractivity contribution >= 4 is 31.9 Å². The molecule has 25 heavy (non-hydrogen) atoms. The Kier molecular flexibility index (Phi) is 5.64. The van der Waals surface area contributed by atoms with E-state index in [0.29, 0.717) is 24.0 Å².